The maximum Gasteiger partial charge on any atom is 0.407 e. The minimum atomic E-state index is -0.911. The lowest BCUT2D eigenvalue weighted by molar-refractivity contribution is -0.149. The molecule has 7 heteroatoms. The van der Waals surface area contributed by atoms with Gasteiger partial charge in [-0.25, -0.2) is 9.59 Å². The van der Waals surface area contributed by atoms with Crippen molar-refractivity contribution in [2.75, 3.05) is 13.2 Å². The Morgan fingerprint density at radius 1 is 0.971 bits per heavy atom. The molecule has 2 saturated carbocycles. The minimum Gasteiger partial charge on any atom is -0.480 e. The molecule has 0 spiro atoms. The first kappa shape index (κ1) is 22.1. The number of hydrogen-bond acceptors (Lipinski definition) is 4. The zero-order valence-electron chi connectivity index (χ0n) is 19.6. The molecule has 1 heterocycles. The lowest BCUT2D eigenvalue weighted by Gasteiger charge is -2.40. The Labute approximate surface area is 204 Å². The molecular formula is C28H30N2O5. The van der Waals surface area contributed by atoms with Crippen molar-refractivity contribution >= 4 is 18.0 Å². The Balaban J connectivity index is 1.04. The number of hydrogen-bond donors (Lipinski definition) is 2. The molecule has 0 radical (unpaired) electrons. The molecule has 5 atom stereocenters. The molecular weight excluding hydrogens is 444 g/mol. The first-order valence-electron chi connectivity index (χ1n) is 12.7. The largest absolute Gasteiger partial charge is 0.480 e. The predicted octanol–water partition coefficient (Wildman–Crippen LogP) is 4.02. The maximum atomic E-state index is 13.0. The van der Waals surface area contributed by atoms with Crippen molar-refractivity contribution in [1.82, 2.24) is 10.2 Å². The number of carboxylic acid groups (broad SMARTS) is 1. The van der Waals surface area contributed by atoms with E-state index >= 15 is 0 Å². The molecule has 7 nitrogen and oxygen atoms in total. The van der Waals surface area contributed by atoms with E-state index in [-0.39, 0.29) is 36.3 Å². The number of benzene rings is 2. The van der Waals surface area contributed by atoms with Crippen LogP contribution in [-0.4, -0.2) is 53.2 Å². The van der Waals surface area contributed by atoms with Gasteiger partial charge in [0.2, 0.25) is 5.91 Å². The van der Waals surface area contributed by atoms with Crippen LogP contribution >= 0.6 is 0 Å². The highest BCUT2D eigenvalue weighted by atomic mass is 16.5. The second-order valence-electron chi connectivity index (χ2n) is 10.4. The Bertz CT molecular complexity index is 1130. The first-order chi connectivity index (χ1) is 17.0. The van der Waals surface area contributed by atoms with Crippen molar-refractivity contribution in [2.24, 2.45) is 17.8 Å². The Hall–Kier alpha value is -3.35. The highest BCUT2D eigenvalue weighted by molar-refractivity contribution is 5.86. The van der Waals surface area contributed by atoms with E-state index in [0.717, 1.165) is 19.3 Å². The van der Waals surface area contributed by atoms with E-state index in [1.165, 1.54) is 22.3 Å². The van der Waals surface area contributed by atoms with E-state index in [9.17, 15) is 19.5 Å². The van der Waals surface area contributed by atoms with Gasteiger partial charge in [-0.2, -0.15) is 0 Å². The van der Waals surface area contributed by atoms with Gasteiger partial charge in [-0.1, -0.05) is 48.5 Å². The smallest absolute Gasteiger partial charge is 0.407 e. The second-order valence-corrected chi connectivity index (χ2v) is 10.4. The van der Waals surface area contributed by atoms with Crippen LogP contribution in [0.5, 0.6) is 0 Å². The monoisotopic (exact) mass is 474 g/mol. The summed E-state index contributed by atoms with van der Waals surface area (Å²) in [5.74, 6) is -0.377. The van der Waals surface area contributed by atoms with Gasteiger partial charge in [0.15, 0.2) is 0 Å². The van der Waals surface area contributed by atoms with Gasteiger partial charge in [0.05, 0.1) is 0 Å². The summed E-state index contributed by atoms with van der Waals surface area (Å²) >= 11 is 0. The van der Waals surface area contributed by atoms with E-state index < -0.39 is 18.1 Å². The molecule has 6 rings (SSSR count). The van der Waals surface area contributed by atoms with Gasteiger partial charge in [-0.3, -0.25) is 4.79 Å². The third-order valence-electron chi connectivity index (χ3n) is 8.64. The Kier molecular flexibility index (Phi) is 5.50. The van der Waals surface area contributed by atoms with Crippen molar-refractivity contribution < 1.29 is 24.2 Å². The number of likely N-dealkylation sites (tertiary alicyclic amines) is 1. The van der Waals surface area contributed by atoms with E-state index in [4.69, 9.17) is 4.74 Å². The Morgan fingerprint density at radius 2 is 1.66 bits per heavy atom. The third kappa shape index (κ3) is 3.77. The fourth-order valence-electron chi connectivity index (χ4n) is 6.91. The number of amides is 2. The molecule has 1 saturated heterocycles. The van der Waals surface area contributed by atoms with Crippen molar-refractivity contribution in [3.8, 4) is 11.1 Å². The zero-order valence-corrected chi connectivity index (χ0v) is 19.6. The number of nitrogens with zero attached hydrogens (tertiary/aromatic N) is 1. The SMILES string of the molecule is O=C(N[C@H]1C[C@H]2CC(C(=O)N3CCC[C@@H]3C(=O)O)C[C@H]21)OCC1c2ccccc2-c2ccccc21. The summed E-state index contributed by atoms with van der Waals surface area (Å²) in [7, 11) is 0. The molecule has 3 fully saturated rings. The number of nitrogens with one attached hydrogen (secondary N) is 1. The van der Waals surface area contributed by atoms with Gasteiger partial charge in [0, 0.05) is 24.4 Å². The lowest BCUT2D eigenvalue weighted by atomic mass is 9.71. The number of aliphatic carboxylic acids is 1. The third-order valence-corrected chi connectivity index (χ3v) is 8.64. The molecule has 0 bridgehead atoms. The molecule has 3 aliphatic carbocycles. The zero-order chi connectivity index (χ0) is 24.1. The number of ether oxygens (including phenoxy) is 1. The van der Waals surface area contributed by atoms with Crippen molar-refractivity contribution in [1.29, 1.82) is 0 Å². The molecule has 35 heavy (non-hydrogen) atoms. The van der Waals surface area contributed by atoms with Crippen LogP contribution in [0, 0.1) is 17.8 Å². The van der Waals surface area contributed by atoms with Crippen molar-refractivity contribution in [3.63, 3.8) is 0 Å². The average Bonchev–Trinajstić information content (AvgIpc) is 3.56. The Morgan fingerprint density at radius 3 is 2.34 bits per heavy atom. The molecule has 182 valence electrons. The average molecular weight is 475 g/mol. The minimum absolute atomic E-state index is 0.0160. The predicted molar refractivity (Wildman–Crippen MR) is 129 cm³/mol. The maximum absolute atomic E-state index is 13.0. The fraction of sp³-hybridized carbons (Fsp3) is 0.464. The highest BCUT2D eigenvalue weighted by Crippen LogP contribution is 2.50. The number of carboxylic acids is 1. The van der Waals surface area contributed by atoms with E-state index in [2.05, 4.69) is 29.6 Å². The normalized spacial score (nSPS) is 28.6. The summed E-state index contributed by atoms with van der Waals surface area (Å²) in [6.45, 7) is 0.816. The number of carbonyl (C=O) groups excluding carboxylic acids is 2. The first-order valence-corrected chi connectivity index (χ1v) is 12.7. The van der Waals surface area contributed by atoms with Crippen molar-refractivity contribution in [2.45, 2.75) is 50.1 Å². The van der Waals surface area contributed by atoms with E-state index in [0.29, 0.717) is 25.3 Å². The van der Waals surface area contributed by atoms with Gasteiger partial charge in [0.25, 0.3) is 0 Å². The van der Waals surface area contributed by atoms with Gasteiger partial charge in [0.1, 0.15) is 12.6 Å². The molecule has 2 aromatic rings. The quantitative estimate of drug-likeness (QED) is 0.683. The molecule has 1 aliphatic heterocycles. The lowest BCUT2D eigenvalue weighted by Crippen LogP contribution is -2.50. The van der Waals surface area contributed by atoms with Crippen LogP contribution in [0.15, 0.2) is 48.5 Å². The topological polar surface area (TPSA) is 95.9 Å². The van der Waals surface area contributed by atoms with Crippen LogP contribution in [0.3, 0.4) is 0 Å². The van der Waals surface area contributed by atoms with Crippen LogP contribution in [0.2, 0.25) is 0 Å². The molecule has 2 N–H and O–H groups in total. The van der Waals surface area contributed by atoms with E-state index in [1.54, 1.807) is 4.90 Å². The highest BCUT2D eigenvalue weighted by Gasteiger charge is 2.51. The summed E-state index contributed by atoms with van der Waals surface area (Å²) in [6.07, 6.45) is 3.22. The van der Waals surface area contributed by atoms with Crippen LogP contribution in [0.1, 0.15) is 49.1 Å². The standard InChI is InChI=1S/C28H30N2O5/c31-26(30-11-5-10-25(30)27(32)33)17-12-16-14-24(22(16)13-17)29-28(34)35-15-23-20-8-3-1-6-18(20)19-7-2-4-9-21(19)23/h1-4,6-9,16-17,22-25H,5,10-15H2,(H,29,34)(H,32,33)/t16-,17?,22-,24+,25-/m1/s1. The molecule has 1 unspecified atom stereocenters. The number of carbonyl (C=O) groups is 3. The summed E-state index contributed by atoms with van der Waals surface area (Å²) < 4.78 is 5.70. The van der Waals surface area contributed by atoms with Gasteiger partial charge in [-0.05, 0) is 66.2 Å². The fourth-order valence-corrected chi connectivity index (χ4v) is 6.91. The molecule has 4 aliphatic rings. The summed E-state index contributed by atoms with van der Waals surface area (Å²) in [5, 5.41) is 12.5. The van der Waals surface area contributed by atoms with Crippen LogP contribution in [-0.2, 0) is 14.3 Å². The number of rotatable bonds is 5. The number of fused-ring (bicyclic) bond motifs is 4. The van der Waals surface area contributed by atoms with Gasteiger partial charge in [-0.15, -0.1) is 0 Å². The van der Waals surface area contributed by atoms with E-state index in [1.807, 2.05) is 24.3 Å². The van der Waals surface area contributed by atoms with Gasteiger partial charge >= 0.3 is 12.1 Å². The van der Waals surface area contributed by atoms with Crippen LogP contribution in [0.4, 0.5) is 4.79 Å². The molecule has 2 amide bonds. The molecule has 0 aromatic heterocycles. The summed E-state index contributed by atoms with van der Waals surface area (Å²) in [5.41, 5.74) is 4.76. The van der Waals surface area contributed by atoms with Gasteiger partial charge < -0.3 is 20.1 Å². The summed E-state index contributed by atoms with van der Waals surface area (Å²) in [4.78, 5) is 38.7. The van der Waals surface area contributed by atoms with Crippen LogP contribution in [0.25, 0.3) is 11.1 Å². The van der Waals surface area contributed by atoms with Crippen molar-refractivity contribution in [3.05, 3.63) is 59.7 Å². The number of alkyl carbamates (subject to hydrolysis) is 1. The second kappa shape index (κ2) is 8.70. The summed E-state index contributed by atoms with van der Waals surface area (Å²) in [6, 6.07) is 15.9. The van der Waals surface area contributed by atoms with Crippen LogP contribution < -0.4 is 5.32 Å². The molecule has 2 aromatic carbocycles.